The normalized spacial score (nSPS) is 20.9. The molecule has 2 aliphatic rings. The van der Waals surface area contributed by atoms with Crippen LogP contribution in [0.5, 0.6) is 0 Å². The second kappa shape index (κ2) is 10.6. The summed E-state index contributed by atoms with van der Waals surface area (Å²) in [5.74, 6) is -8.18. The molecule has 39 heavy (non-hydrogen) atoms. The fourth-order valence-electron chi connectivity index (χ4n) is 5.03. The first-order valence-electron chi connectivity index (χ1n) is 12.6. The van der Waals surface area contributed by atoms with Gasteiger partial charge in [-0.05, 0) is 55.7 Å². The van der Waals surface area contributed by atoms with E-state index in [0.717, 1.165) is 18.2 Å². The first kappa shape index (κ1) is 27.1. The predicted molar refractivity (Wildman–Crippen MR) is 131 cm³/mol. The van der Waals surface area contributed by atoms with Crippen LogP contribution in [0.15, 0.2) is 48.8 Å². The predicted octanol–water partition coefficient (Wildman–Crippen LogP) is 7.45. The first-order chi connectivity index (χ1) is 18.5. The fourth-order valence-corrected chi connectivity index (χ4v) is 5.03. The fraction of sp³-hybridized carbons (Fsp3) is 0.393. The Morgan fingerprint density at radius 3 is 2.31 bits per heavy atom. The van der Waals surface area contributed by atoms with Crippen LogP contribution in [0.3, 0.4) is 0 Å². The topological polar surface area (TPSA) is 64.1 Å². The molecular weight excluding hydrogens is 524 g/mol. The van der Waals surface area contributed by atoms with Gasteiger partial charge >= 0.3 is 0 Å². The van der Waals surface area contributed by atoms with Gasteiger partial charge in [0.15, 0.2) is 0 Å². The molecule has 1 saturated carbocycles. The Hall–Kier alpha value is -3.47. The number of ether oxygens (including phenoxy) is 1. The Bertz CT molecular complexity index is 1350. The molecule has 1 atom stereocenters. The van der Waals surface area contributed by atoms with Crippen molar-refractivity contribution in [3.63, 3.8) is 0 Å². The number of pyridine rings is 2. The highest BCUT2D eigenvalue weighted by Crippen LogP contribution is 2.44. The molecule has 1 aliphatic heterocycles. The van der Waals surface area contributed by atoms with Crippen LogP contribution < -0.4 is 5.32 Å². The van der Waals surface area contributed by atoms with Crippen LogP contribution in [-0.4, -0.2) is 34.3 Å². The van der Waals surface area contributed by atoms with Crippen LogP contribution in [0.1, 0.15) is 72.3 Å². The summed E-state index contributed by atoms with van der Waals surface area (Å²) in [5, 5.41) is 2.72. The molecule has 1 aliphatic carbocycles. The number of hydrogen-bond donors (Lipinski definition) is 1. The number of aromatic nitrogens is 2. The molecule has 0 bridgehead atoms. The minimum absolute atomic E-state index is 0.0770. The Morgan fingerprint density at radius 2 is 1.64 bits per heavy atom. The number of benzene rings is 1. The van der Waals surface area contributed by atoms with Gasteiger partial charge < -0.3 is 10.1 Å². The monoisotopic (exact) mass is 549 g/mol. The average Bonchev–Trinajstić information content (AvgIpc) is 2.90. The van der Waals surface area contributed by atoms with E-state index >= 15 is 0 Å². The minimum Gasteiger partial charge on any atom is -0.366 e. The van der Waals surface area contributed by atoms with E-state index in [9.17, 15) is 31.1 Å². The quantitative estimate of drug-likeness (QED) is 0.336. The maximum Gasteiger partial charge on any atom is 0.271 e. The molecule has 2 fully saturated rings. The molecular formula is C28H25F6N3O2. The molecule has 5 rings (SSSR count). The Morgan fingerprint density at radius 1 is 0.897 bits per heavy atom. The van der Waals surface area contributed by atoms with Gasteiger partial charge in [0.2, 0.25) is 5.92 Å². The summed E-state index contributed by atoms with van der Waals surface area (Å²) in [6.45, 7) is -0.710. The van der Waals surface area contributed by atoms with Crippen molar-refractivity contribution in [3.05, 3.63) is 77.4 Å². The van der Waals surface area contributed by atoms with Gasteiger partial charge in [0.1, 0.15) is 18.2 Å². The zero-order valence-corrected chi connectivity index (χ0v) is 20.7. The summed E-state index contributed by atoms with van der Waals surface area (Å²) < 4.78 is 88.5. The second-order valence-corrected chi connectivity index (χ2v) is 9.99. The third-order valence-corrected chi connectivity index (χ3v) is 7.19. The van der Waals surface area contributed by atoms with Crippen molar-refractivity contribution in [2.45, 2.75) is 62.4 Å². The number of anilines is 1. The van der Waals surface area contributed by atoms with Crippen LogP contribution in [0, 0.1) is 11.6 Å². The maximum atomic E-state index is 14.8. The molecule has 3 heterocycles. The molecule has 1 N–H and O–H groups in total. The number of amides is 1. The van der Waals surface area contributed by atoms with E-state index in [1.165, 1.54) is 30.6 Å². The highest BCUT2D eigenvalue weighted by Gasteiger charge is 2.38. The Labute approximate surface area is 220 Å². The number of carbonyl (C=O) groups excluding carboxylic acids is 1. The van der Waals surface area contributed by atoms with E-state index in [-0.39, 0.29) is 60.9 Å². The SMILES string of the molecule is O=C(Nc1c(-c2cc(F)ccc2F)ccnc1C1CCC(F)(F)CC1)c1ccc(C2CCC(F)(F)CO2)nc1. The lowest BCUT2D eigenvalue weighted by Crippen LogP contribution is -2.31. The van der Waals surface area contributed by atoms with E-state index in [4.69, 9.17) is 4.74 Å². The summed E-state index contributed by atoms with van der Waals surface area (Å²) in [5.41, 5.74) is 0.953. The standard InChI is InChI=1S/C28H25F6N3O2/c29-18-2-3-21(30)20(13-18)19-8-12-35-24(16-5-9-27(31,32)10-6-16)25(19)37-26(38)17-1-4-22(36-14-17)23-7-11-28(33,34)15-39-23/h1-4,8,12-14,16,23H,5-7,9-11,15H2,(H,37,38). The van der Waals surface area contributed by atoms with Gasteiger partial charge in [-0.2, -0.15) is 0 Å². The van der Waals surface area contributed by atoms with Gasteiger partial charge in [-0.15, -0.1) is 0 Å². The van der Waals surface area contributed by atoms with Gasteiger partial charge in [-0.1, -0.05) is 0 Å². The van der Waals surface area contributed by atoms with Gasteiger partial charge in [0.25, 0.3) is 11.8 Å². The van der Waals surface area contributed by atoms with Gasteiger partial charge in [0, 0.05) is 48.7 Å². The summed E-state index contributed by atoms with van der Waals surface area (Å²) in [7, 11) is 0. The third-order valence-electron chi connectivity index (χ3n) is 7.19. The van der Waals surface area contributed by atoms with Crippen LogP contribution in [0.2, 0.25) is 0 Å². The van der Waals surface area contributed by atoms with Crippen molar-refractivity contribution >= 4 is 11.6 Å². The second-order valence-electron chi connectivity index (χ2n) is 9.99. The number of nitrogens with zero attached hydrogens (tertiary/aromatic N) is 2. The number of carbonyl (C=O) groups is 1. The summed E-state index contributed by atoms with van der Waals surface area (Å²) in [4.78, 5) is 21.8. The largest absolute Gasteiger partial charge is 0.366 e. The van der Waals surface area contributed by atoms with Crippen LogP contribution >= 0.6 is 0 Å². The molecule has 2 aromatic heterocycles. The molecule has 0 radical (unpaired) electrons. The molecule has 1 unspecified atom stereocenters. The van der Waals surface area contributed by atoms with Gasteiger partial charge in [-0.25, -0.2) is 26.3 Å². The van der Waals surface area contributed by atoms with Crippen molar-refractivity contribution in [3.8, 4) is 11.1 Å². The van der Waals surface area contributed by atoms with Crippen molar-refractivity contribution in [2.75, 3.05) is 11.9 Å². The van der Waals surface area contributed by atoms with E-state index in [0.29, 0.717) is 11.4 Å². The summed E-state index contributed by atoms with van der Waals surface area (Å²) in [6.07, 6.45) is 1.26. The molecule has 0 spiro atoms. The lowest BCUT2D eigenvalue weighted by molar-refractivity contribution is -0.146. The van der Waals surface area contributed by atoms with Gasteiger partial charge in [-0.3, -0.25) is 14.8 Å². The average molecular weight is 550 g/mol. The first-order valence-corrected chi connectivity index (χ1v) is 12.6. The van der Waals surface area contributed by atoms with Crippen molar-refractivity contribution in [1.82, 2.24) is 9.97 Å². The molecule has 206 valence electrons. The highest BCUT2D eigenvalue weighted by molar-refractivity contribution is 6.06. The molecule has 11 heteroatoms. The molecule has 3 aromatic rings. The lowest BCUT2D eigenvalue weighted by atomic mass is 9.83. The molecule has 1 amide bonds. The smallest absolute Gasteiger partial charge is 0.271 e. The Balaban J connectivity index is 1.45. The number of halogens is 6. The maximum absolute atomic E-state index is 14.8. The molecule has 1 aromatic carbocycles. The Kier molecular flexibility index (Phi) is 7.37. The summed E-state index contributed by atoms with van der Waals surface area (Å²) >= 11 is 0. The van der Waals surface area contributed by atoms with Crippen LogP contribution in [0.4, 0.5) is 32.0 Å². The molecule has 5 nitrogen and oxygen atoms in total. The van der Waals surface area contributed by atoms with Crippen molar-refractivity contribution in [1.29, 1.82) is 0 Å². The summed E-state index contributed by atoms with van der Waals surface area (Å²) in [6, 6.07) is 7.29. The highest BCUT2D eigenvalue weighted by atomic mass is 19.3. The van der Waals surface area contributed by atoms with Crippen LogP contribution in [0.25, 0.3) is 11.1 Å². The van der Waals surface area contributed by atoms with E-state index < -0.39 is 48.0 Å². The van der Waals surface area contributed by atoms with Gasteiger partial charge in [0.05, 0.1) is 28.7 Å². The number of hydrogen-bond acceptors (Lipinski definition) is 4. The number of alkyl halides is 4. The van der Waals surface area contributed by atoms with Crippen molar-refractivity contribution < 1.29 is 35.9 Å². The minimum atomic E-state index is -2.88. The van der Waals surface area contributed by atoms with E-state index in [2.05, 4.69) is 15.3 Å². The zero-order chi connectivity index (χ0) is 27.8. The lowest BCUT2D eigenvalue weighted by Gasteiger charge is -2.29. The van der Waals surface area contributed by atoms with Crippen LogP contribution in [-0.2, 0) is 4.74 Å². The zero-order valence-electron chi connectivity index (χ0n) is 20.7. The van der Waals surface area contributed by atoms with Crippen molar-refractivity contribution in [2.24, 2.45) is 0 Å². The number of rotatable bonds is 5. The van der Waals surface area contributed by atoms with E-state index in [1.54, 1.807) is 0 Å². The molecule has 1 saturated heterocycles. The number of nitrogens with one attached hydrogen (secondary N) is 1. The third kappa shape index (κ3) is 6.08. The van der Waals surface area contributed by atoms with E-state index in [1.807, 2.05) is 0 Å².